The van der Waals surface area contributed by atoms with Crippen molar-refractivity contribution < 1.29 is 29.6 Å². The lowest BCUT2D eigenvalue weighted by molar-refractivity contribution is -0.170. The van der Waals surface area contributed by atoms with Crippen molar-refractivity contribution in [1.82, 2.24) is 5.32 Å². The van der Waals surface area contributed by atoms with Gasteiger partial charge in [-0.05, 0) is 6.92 Å². The molecule has 4 N–H and O–H groups in total. The minimum atomic E-state index is -1.44. The van der Waals surface area contributed by atoms with E-state index in [-0.39, 0.29) is 0 Å². The molecule has 0 aromatic heterocycles. The summed E-state index contributed by atoms with van der Waals surface area (Å²) >= 11 is 0. The molecule has 92 valence electrons. The van der Waals surface area contributed by atoms with Crippen molar-refractivity contribution in [3.05, 3.63) is 0 Å². The van der Waals surface area contributed by atoms with Gasteiger partial charge >= 0.3 is 0 Å². The van der Waals surface area contributed by atoms with E-state index in [4.69, 9.17) is 9.84 Å². The lowest BCUT2D eigenvalue weighted by Gasteiger charge is -2.36. The van der Waals surface area contributed by atoms with Crippen LogP contribution in [0.2, 0.25) is 0 Å². The number of amides is 1. The zero-order valence-corrected chi connectivity index (χ0v) is 8.74. The maximum atomic E-state index is 11.2. The Morgan fingerprint density at radius 2 is 2.19 bits per heavy atom. The fraction of sp³-hybridized carbons (Fsp3) is 0.778. The van der Waals surface area contributed by atoms with E-state index in [2.05, 4.69) is 5.32 Å². The molecule has 1 rings (SSSR count). The molecule has 1 saturated heterocycles. The lowest BCUT2D eigenvalue weighted by atomic mass is 9.99. The molecule has 0 saturated carbocycles. The van der Waals surface area contributed by atoms with E-state index in [0.717, 1.165) is 0 Å². The van der Waals surface area contributed by atoms with Crippen LogP contribution < -0.4 is 5.32 Å². The summed E-state index contributed by atoms with van der Waals surface area (Å²) in [5.41, 5.74) is 0. The van der Waals surface area contributed by atoms with Gasteiger partial charge in [-0.1, -0.05) is 0 Å². The van der Waals surface area contributed by atoms with Crippen LogP contribution in [0.15, 0.2) is 0 Å². The highest BCUT2D eigenvalue weighted by Gasteiger charge is 2.40. The third-order valence-electron chi connectivity index (χ3n) is 2.46. The Labute approximate surface area is 92.0 Å². The Bertz CT molecular complexity index is 271. The van der Waals surface area contributed by atoms with E-state index in [0.29, 0.717) is 6.29 Å². The summed E-state index contributed by atoms with van der Waals surface area (Å²) in [6, 6.07) is -1.03. The molecular formula is C9H15NO6. The maximum absolute atomic E-state index is 11.2. The smallest absolute Gasteiger partial charge is 0.249 e. The van der Waals surface area contributed by atoms with Gasteiger partial charge in [0.15, 0.2) is 0 Å². The van der Waals surface area contributed by atoms with Crippen LogP contribution in [0.3, 0.4) is 0 Å². The molecule has 7 heteroatoms. The number of ether oxygens (including phenoxy) is 1. The van der Waals surface area contributed by atoms with Gasteiger partial charge < -0.3 is 30.2 Å². The Balaban J connectivity index is 2.76. The van der Waals surface area contributed by atoms with Crippen LogP contribution in [0.1, 0.15) is 6.92 Å². The summed E-state index contributed by atoms with van der Waals surface area (Å²) < 4.78 is 5.12. The summed E-state index contributed by atoms with van der Waals surface area (Å²) in [6.07, 6.45) is -4.33. The Kier molecular flexibility index (Phi) is 4.36. The SMILES string of the molecule is C[C@H]1O[C@@H]([C@H](O)[C@H](O)CO)[C@H](C=O)NC1=O. The van der Waals surface area contributed by atoms with Gasteiger partial charge in [0.25, 0.3) is 0 Å². The first-order chi connectivity index (χ1) is 7.51. The first-order valence-electron chi connectivity index (χ1n) is 4.89. The molecule has 0 radical (unpaired) electrons. The molecule has 1 heterocycles. The normalized spacial score (nSPS) is 34.0. The van der Waals surface area contributed by atoms with Crippen molar-refractivity contribution in [2.24, 2.45) is 0 Å². The summed E-state index contributed by atoms with van der Waals surface area (Å²) in [6.45, 7) is 0.802. The van der Waals surface area contributed by atoms with Gasteiger partial charge in [0.2, 0.25) is 5.91 Å². The molecule has 1 fully saturated rings. The van der Waals surface area contributed by atoms with Crippen LogP contribution in [0, 0.1) is 0 Å². The van der Waals surface area contributed by atoms with Crippen LogP contribution in [0.4, 0.5) is 0 Å². The van der Waals surface area contributed by atoms with E-state index in [1.165, 1.54) is 6.92 Å². The number of morpholine rings is 1. The summed E-state index contributed by atoms with van der Waals surface area (Å²) in [5.74, 6) is -0.459. The molecule has 0 unspecified atom stereocenters. The maximum Gasteiger partial charge on any atom is 0.249 e. The average Bonchev–Trinajstić information content (AvgIpc) is 2.30. The van der Waals surface area contributed by atoms with Gasteiger partial charge in [0.05, 0.1) is 6.61 Å². The zero-order chi connectivity index (χ0) is 12.3. The first kappa shape index (κ1) is 13.0. The van der Waals surface area contributed by atoms with Crippen molar-refractivity contribution in [1.29, 1.82) is 0 Å². The van der Waals surface area contributed by atoms with E-state index < -0.39 is 43.0 Å². The van der Waals surface area contributed by atoms with Gasteiger partial charge in [-0.3, -0.25) is 4.79 Å². The molecule has 0 bridgehead atoms. The molecule has 1 amide bonds. The molecule has 0 spiro atoms. The number of nitrogens with one attached hydrogen (secondary N) is 1. The van der Waals surface area contributed by atoms with Crippen molar-refractivity contribution in [3.8, 4) is 0 Å². The molecule has 0 aromatic rings. The molecule has 7 nitrogen and oxygen atoms in total. The molecule has 0 aromatic carbocycles. The van der Waals surface area contributed by atoms with Crippen LogP contribution in [-0.4, -0.2) is 64.6 Å². The predicted molar refractivity (Wildman–Crippen MR) is 51.4 cm³/mol. The van der Waals surface area contributed by atoms with Gasteiger partial charge in [-0.2, -0.15) is 0 Å². The minimum absolute atomic E-state index is 0.418. The highest BCUT2D eigenvalue weighted by atomic mass is 16.5. The van der Waals surface area contributed by atoms with Crippen LogP contribution in [-0.2, 0) is 14.3 Å². The molecule has 5 atom stereocenters. The van der Waals surface area contributed by atoms with Gasteiger partial charge in [0, 0.05) is 0 Å². The van der Waals surface area contributed by atoms with Crippen LogP contribution in [0.5, 0.6) is 0 Å². The number of aldehydes is 1. The molecule has 1 aliphatic heterocycles. The van der Waals surface area contributed by atoms with Crippen molar-refractivity contribution in [2.45, 2.75) is 37.4 Å². The van der Waals surface area contributed by atoms with E-state index in [1.54, 1.807) is 0 Å². The average molecular weight is 233 g/mol. The van der Waals surface area contributed by atoms with E-state index >= 15 is 0 Å². The second-order valence-corrected chi connectivity index (χ2v) is 3.65. The highest BCUT2D eigenvalue weighted by Crippen LogP contribution is 2.15. The molecule has 1 aliphatic rings. The van der Waals surface area contributed by atoms with Gasteiger partial charge in [-0.25, -0.2) is 0 Å². The van der Waals surface area contributed by atoms with Crippen molar-refractivity contribution >= 4 is 12.2 Å². The lowest BCUT2D eigenvalue weighted by Crippen LogP contribution is -2.61. The molecule has 0 aliphatic carbocycles. The first-order valence-corrected chi connectivity index (χ1v) is 4.89. The highest BCUT2D eigenvalue weighted by molar-refractivity contribution is 5.84. The summed E-state index contributed by atoms with van der Waals surface area (Å²) in [5, 5.41) is 29.9. The molecular weight excluding hydrogens is 218 g/mol. The number of aliphatic hydroxyl groups excluding tert-OH is 3. The number of carbonyl (C=O) groups is 2. The Hall–Kier alpha value is -1.02. The number of aliphatic hydroxyl groups is 3. The third kappa shape index (κ3) is 2.56. The van der Waals surface area contributed by atoms with Gasteiger partial charge in [-0.15, -0.1) is 0 Å². The standard InChI is InChI=1S/C9H15NO6/c1-4-9(15)10-5(2-11)8(16-4)7(14)6(13)3-12/h2,4-8,12-14H,3H2,1H3,(H,10,15)/t4-,5+,6-,7-,8-/m1/s1. The molecule has 16 heavy (non-hydrogen) atoms. The third-order valence-corrected chi connectivity index (χ3v) is 2.46. The van der Waals surface area contributed by atoms with Crippen LogP contribution in [0.25, 0.3) is 0 Å². The van der Waals surface area contributed by atoms with Crippen LogP contribution >= 0.6 is 0 Å². The largest absolute Gasteiger partial charge is 0.394 e. The Morgan fingerprint density at radius 3 is 2.69 bits per heavy atom. The Morgan fingerprint density at radius 1 is 1.56 bits per heavy atom. The number of rotatable bonds is 4. The monoisotopic (exact) mass is 233 g/mol. The van der Waals surface area contributed by atoms with Crippen molar-refractivity contribution in [2.75, 3.05) is 6.61 Å². The van der Waals surface area contributed by atoms with E-state index in [1.807, 2.05) is 0 Å². The summed E-state index contributed by atoms with van der Waals surface area (Å²) in [7, 11) is 0. The second kappa shape index (κ2) is 5.35. The zero-order valence-electron chi connectivity index (χ0n) is 8.74. The second-order valence-electron chi connectivity index (χ2n) is 3.65. The number of carbonyl (C=O) groups excluding carboxylic acids is 2. The summed E-state index contributed by atoms with van der Waals surface area (Å²) in [4.78, 5) is 21.9. The van der Waals surface area contributed by atoms with Gasteiger partial charge in [0.1, 0.15) is 36.7 Å². The fourth-order valence-corrected chi connectivity index (χ4v) is 1.48. The fourth-order valence-electron chi connectivity index (χ4n) is 1.48. The quantitative estimate of drug-likeness (QED) is 0.389. The minimum Gasteiger partial charge on any atom is -0.394 e. The number of hydrogen-bond acceptors (Lipinski definition) is 6. The van der Waals surface area contributed by atoms with E-state index in [9.17, 15) is 19.8 Å². The number of hydrogen-bond donors (Lipinski definition) is 4. The topological polar surface area (TPSA) is 116 Å². The predicted octanol–water partition coefficient (Wildman–Crippen LogP) is -2.83. The van der Waals surface area contributed by atoms with Crippen molar-refractivity contribution in [3.63, 3.8) is 0 Å².